The first kappa shape index (κ1) is 32.5. The van der Waals surface area contributed by atoms with Crippen molar-refractivity contribution in [2.75, 3.05) is 0 Å². The number of allylic oxidation sites excluding steroid dienone is 1. The van der Waals surface area contributed by atoms with Gasteiger partial charge >= 0.3 is 0 Å². The van der Waals surface area contributed by atoms with Crippen LogP contribution >= 0.6 is 15.8 Å². The third-order valence-corrected chi connectivity index (χ3v) is 16.7. The molecule has 8 aromatic carbocycles. The second-order valence-corrected chi connectivity index (χ2v) is 18.9. The van der Waals surface area contributed by atoms with Crippen LogP contribution in [0.15, 0.2) is 158 Å². The Morgan fingerprint density at radius 2 is 0.811 bits per heavy atom. The van der Waals surface area contributed by atoms with Gasteiger partial charge in [0, 0.05) is 0 Å². The summed E-state index contributed by atoms with van der Waals surface area (Å²) in [6.07, 6.45) is 10.8. The molecule has 10 rings (SSSR count). The summed E-state index contributed by atoms with van der Waals surface area (Å²) in [5.74, 6) is 0. The number of hydrogen-bond donors (Lipinski definition) is 0. The highest BCUT2D eigenvalue weighted by atomic mass is 31.1. The minimum atomic E-state index is -0.539. The van der Waals surface area contributed by atoms with Gasteiger partial charge in [0.2, 0.25) is 0 Å². The lowest BCUT2D eigenvalue weighted by molar-refractivity contribution is 1.38. The van der Waals surface area contributed by atoms with E-state index in [0.717, 1.165) is 24.6 Å². The smallest absolute Gasteiger partial charge is 0.00232 e. The van der Waals surface area contributed by atoms with Crippen molar-refractivity contribution >= 4 is 70.9 Å². The molecule has 0 fully saturated rings. The minimum Gasteiger partial charge on any atom is -0.0984 e. The second kappa shape index (κ2) is 13.4. The van der Waals surface area contributed by atoms with Gasteiger partial charge in [-0.25, -0.2) is 0 Å². The molecule has 0 radical (unpaired) electrons. The lowest BCUT2D eigenvalue weighted by Gasteiger charge is -2.26. The van der Waals surface area contributed by atoms with E-state index in [1.165, 1.54) is 88.0 Å². The van der Waals surface area contributed by atoms with E-state index < -0.39 is 15.8 Å². The predicted octanol–water partition coefficient (Wildman–Crippen LogP) is 13.8. The average molecular weight is 715 g/mol. The molecule has 2 aliphatic heterocycles. The maximum Gasteiger partial charge on any atom is -0.00232 e. The van der Waals surface area contributed by atoms with Gasteiger partial charge in [0.1, 0.15) is 0 Å². The van der Waals surface area contributed by atoms with E-state index in [2.05, 4.69) is 177 Å². The summed E-state index contributed by atoms with van der Waals surface area (Å²) in [6.45, 7) is 6.48. The lowest BCUT2D eigenvalue weighted by atomic mass is 9.86. The molecule has 0 bridgehead atoms. The van der Waals surface area contributed by atoms with Crippen molar-refractivity contribution in [3.8, 4) is 22.3 Å². The molecule has 2 aliphatic rings. The molecule has 0 saturated carbocycles. The van der Waals surface area contributed by atoms with Crippen molar-refractivity contribution in [2.24, 2.45) is 0 Å². The van der Waals surface area contributed by atoms with Crippen molar-refractivity contribution in [1.29, 1.82) is 0 Å². The van der Waals surface area contributed by atoms with Crippen molar-refractivity contribution in [3.63, 3.8) is 0 Å². The standard InChI is InChI=1S/C51H40P2/c1-3-13-34-22-26-38-30-52(31-39-27-23-35-14-5-8-17-43(35)49(39)48(38)42(34)4-2)46-20-11-12-21-47(46)53-32-40-28-24-36-15-6-9-18-44(36)50(40)51-41(33-53)29-25-37-16-7-10-19-45(37)51/h3-29H,2,30-33H2,1H3/b13-3-. The Kier molecular flexibility index (Phi) is 8.21. The van der Waals surface area contributed by atoms with Gasteiger partial charge in [-0.3, -0.25) is 0 Å². The van der Waals surface area contributed by atoms with Gasteiger partial charge in [0.25, 0.3) is 0 Å². The second-order valence-electron chi connectivity index (χ2n) is 14.5. The van der Waals surface area contributed by atoms with Crippen molar-refractivity contribution in [3.05, 3.63) is 192 Å². The molecule has 0 N–H and O–H groups in total. The van der Waals surface area contributed by atoms with Gasteiger partial charge in [-0.05, 0) is 130 Å². The number of hydrogen-bond acceptors (Lipinski definition) is 0. The average Bonchev–Trinajstić information content (AvgIpc) is 3.49. The van der Waals surface area contributed by atoms with Crippen molar-refractivity contribution < 1.29 is 0 Å². The molecule has 0 amide bonds. The quantitative estimate of drug-likeness (QED) is 0.159. The van der Waals surface area contributed by atoms with E-state index in [9.17, 15) is 0 Å². The van der Waals surface area contributed by atoms with Gasteiger partial charge in [0.15, 0.2) is 0 Å². The Bertz CT molecular complexity index is 2700. The Morgan fingerprint density at radius 3 is 1.25 bits per heavy atom. The molecular weight excluding hydrogens is 675 g/mol. The van der Waals surface area contributed by atoms with Crippen LogP contribution in [0.2, 0.25) is 0 Å². The predicted molar refractivity (Wildman–Crippen MR) is 235 cm³/mol. The van der Waals surface area contributed by atoms with Gasteiger partial charge in [-0.1, -0.05) is 186 Å². The fourth-order valence-corrected chi connectivity index (χ4v) is 15.0. The lowest BCUT2D eigenvalue weighted by Crippen LogP contribution is -2.23. The fraction of sp³-hybridized carbons (Fsp3) is 0.0980. The summed E-state index contributed by atoms with van der Waals surface area (Å²) in [6, 6.07) is 55.7. The molecule has 2 heterocycles. The molecule has 1 atom stereocenters. The van der Waals surface area contributed by atoms with Crippen LogP contribution in [-0.2, 0) is 24.6 Å². The molecular formula is C51H40P2. The number of rotatable bonds is 4. The van der Waals surface area contributed by atoms with Crippen LogP contribution in [-0.4, -0.2) is 0 Å². The zero-order chi connectivity index (χ0) is 35.5. The Hall–Kier alpha value is -5.12. The molecule has 53 heavy (non-hydrogen) atoms. The van der Waals surface area contributed by atoms with Crippen LogP contribution in [0.4, 0.5) is 0 Å². The van der Waals surface area contributed by atoms with Gasteiger partial charge < -0.3 is 0 Å². The molecule has 8 aromatic rings. The number of fused-ring (bicyclic) bond motifs is 12. The summed E-state index contributed by atoms with van der Waals surface area (Å²) < 4.78 is 0. The summed E-state index contributed by atoms with van der Waals surface area (Å²) in [5, 5.41) is 11.2. The Labute approximate surface area is 315 Å². The maximum absolute atomic E-state index is 4.38. The number of benzene rings is 8. The SMILES string of the molecule is C=Cc1c(/C=C\C)ccc2c1-c1c(ccc3ccccc13)CP(c1ccccc1P1Cc3ccc4ccccc4c3-c3c(ccc4ccccc34)C1)C2. The zero-order valence-corrected chi connectivity index (χ0v) is 31.8. The highest BCUT2D eigenvalue weighted by Crippen LogP contribution is 2.56. The molecule has 0 nitrogen and oxygen atoms in total. The Balaban J connectivity index is 1.16. The first-order chi connectivity index (χ1) is 26.2. The largest absolute Gasteiger partial charge is 0.0984 e. The monoisotopic (exact) mass is 714 g/mol. The summed E-state index contributed by atoms with van der Waals surface area (Å²) >= 11 is 0. The normalized spacial score (nSPS) is 15.5. The molecule has 0 saturated heterocycles. The van der Waals surface area contributed by atoms with Gasteiger partial charge in [-0.15, -0.1) is 0 Å². The fourth-order valence-electron chi connectivity index (χ4n) is 9.16. The summed E-state index contributed by atoms with van der Waals surface area (Å²) in [5.41, 5.74) is 14.1. The maximum atomic E-state index is 4.38. The van der Waals surface area contributed by atoms with Crippen LogP contribution in [0.1, 0.15) is 40.3 Å². The van der Waals surface area contributed by atoms with Crippen LogP contribution < -0.4 is 10.6 Å². The van der Waals surface area contributed by atoms with E-state index in [0.29, 0.717) is 0 Å². The molecule has 2 heteroatoms. The molecule has 0 spiro atoms. The van der Waals surface area contributed by atoms with Gasteiger partial charge in [0.05, 0.1) is 0 Å². The highest BCUT2D eigenvalue weighted by molar-refractivity contribution is 7.70. The Morgan fingerprint density at radius 1 is 0.434 bits per heavy atom. The van der Waals surface area contributed by atoms with Crippen LogP contribution in [0, 0.1) is 0 Å². The van der Waals surface area contributed by atoms with E-state index in [-0.39, 0.29) is 0 Å². The van der Waals surface area contributed by atoms with Crippen LogP contribution in [0.25, 0.3) is 66.7 Å². The van der Waals surface area contributed by atoms with Crippen LogP contribution in [0.5, 0.6) is 0 Å². The molecule has 1 unspecified atom stereocenters. The summed E-state index contributed by atoms with van der Waals surface area (Å²) in [7, 11) is -1.06. The third kappa shape index (κ3) is 5.43. The van der Waals surface area contributed by atoms with E-state index in [1.807, 2.05) is 0 Å². The first-order valence-electron chi connectivity index (χ1n) is 18.7. The van der Waals surface area contributed by atoms with E-state index >= 15 is 0 Å². The van der Waals surface area contributed by atoms with Crippen molar-refractivity contribution in [1.82, 2.24) is 0 Å². The molecule has 254 valence electrons. The first-order valence-corrected chi connectivity index (χ1v) is 22.1. The zero-order valence-electron chi connectivity index (χ0n) is 30.0. The summed E-state index contributed by atoms with van der Waals surface area (Å²) in [4.78, 5) is 0. The van der Waals surface area contributed by atoms with Crippen LogP contribution in [0.3, 0.4) is 0 Å². The third-order valence-electron chi connectivity index (χ3n) is 11.5. The van der Waals surface area contributed by atoms with E-state index in [1.54, 1.807) is 10.6 Å². The molecule has 0 aliphatic carbocycles. The highest BCUT2D eigenvalue weighted by Gasteiger charge is 2.31. The molecule has 0 aromatic heterocycles. The van der Waals surface area contributed by atoms with Crippen molar-refractivity contribution in [2.45, 2.75) is 31.6 Å². The van der Waals surface area contributed by atoms with E-state index in [4.69, 9.17) is 0 Å². The topological polar surface area (TPSA) is 0 Å². The minimum absolute atomic E-state index is 0.523. The van der Waals surface area contributed by atoms with Gasteiger partial charge in [-0.2, -0.15) is 0 Å².